The SMILES string of the molecule is COCC(Nc1ccccc1-c1nnc(C)o1)C(C)C. The molecule has 1 atom stereocenters. The van der Waals surface area contributed by atoms with Gasteiger partial charge in [0.2, 0.25) is 11.8 Å². The summed E-state index contributed by atoms with van der Waals surface area (Å²) in [4.78, 5) is 0. The van der Waals surface area contributed by atoms with E-state index in [1.807, 2.05) is 24.3 Å². The molecule has 0 amide bonds. The molecule has 2 rings (SSSR count). The Balaban J connectivity index is 2.28. The lowest BCUT2D eigenvalue weighted by Crippen LogP contribution is -2.30. The minimum absolute atomic E-state index is 0.227. The lowest BCUT2D eigenvalue weighted by molar-refractivity contribution is 0.171. The van der Waals surface area contributed by atoms with Crippen LogP contribution in [-0.4, -0.2) is 30.0 Å². The molecule has 108 valence electrons. The van der Waals surface area contributed by atoms with Gasteiger partial charge in [-0.3, -0.25) is 0 Å². The molecule has 0 bridgehead atoms. The fourth-order valence-corrected chi connectivity index (χ4v) is 1.98. The largest absolute Gasteiger partial charge is 0.421 e. The molecule has 20 heavy (non-hydrogen) atoms. The average Bonchev–Trinajstić information content (AvgIpc) is 2.85. The van der Waals surface area contributed by atoms with Gasteiger partial charge in [0, 0.05) is 19.7 Å². The third kappa shape index (κ3) is 3.36. The van der Waals surface area contributed by atoms with Crippen LogP contribution in [-0.2, 0) is 4.74 Å². The van der Waals surface area contributed by atoms with Gasteiger partial charge >= 0.3 is 0 Å². The number of para-hydroxylation sites is 1. The van der Waals surface area contributed by atoms with E-state index in [0.29, 0.717) is 24.3 Å². The summed E-state index contributed by atoms with van der Waals surface area (Å²) in [5, 5.41) is 11.5. The Hall–Kier alpha value is -1.88. The minimum atomic E-state index is 0.227. The van der Waals surface area contributed by atoms with Crippen molar-refractivity contribution in [1.82, 2.24) is 10.2 Å². The number of hydrogen-bond acceptors (Lipinski definition) is 5. The van der Waals surface area contributed by atoms with Gasteiger partial charge in [0.25, 0.3) is 0 Å². The third-order valence-corrected chi connectivity index (χ3v) is 3.18. The number of nitrogens with one attached hydrogen (secondary N) is 1. The number of aromatic nitrogens is 2. The number of ether oxygens (including phenoxy) is 1. The Bertz CT molecular complexity index is 552. The first-order valence-corrected chi connectivity index (χ1v) is 6.76. The normalized spacial score (nSPS) is 12.7. The van der Waals surface area contributed by atoms with Crippen LogP contribution in [0.3, 0.4) is 0 Å². The van der Waals surface area contributed by atoms with E-state index < -0.39 is 0 Å². The molecule has 0 aliphatic carbocycles. The molecule has 1 unspecified atom stereocenters. The Morgan fingerprint density at radius 3 is 2.60 bits per heavy atom. The predicted octanol–water partition coefficient (Wildman–Crippen LogP) is 3.13. The van der Waals surface area contributed by atoms with Crippen LogP contribution < -0.4 is 5.32 Å². The lowest BCUT2D eigenvalue weighted by Gasteiger charge is -2.23. The zero-order chi connectivity index (χ0) is 14.5. The highest BCUT2D eigenvalue weighted by Gasteiger charge is 2.17. The minimum Gasteiger partial charge on any atom is -0.421 e. The van der Waals surface area contributed by atoms with Gasteiger partial charge in [-0.05, 0) is 18.1 Å². The van der Waals surface area contributed by atoms with Gasteiger partial charge in [-0.15, -0.1) is 10.2 Å². The highest BCUT2D eigenvalue weighted by molar-refractivity contribution is 5.72. The van der Waals surface area contributed by atoms with Crippen molar-refractivity contribution in [3.8, 4) is 11.5 Å². The second-order valence-electron chi connectivity index (χ2n) is 5.12. The van der Waals surface area contributed by atoms with Crippen molar-refractivity contribution in [2.75, 3.05) is 19.0 Å². The second-order valence-corrected chi connectivity index (χ2v) is 5.12. The van der Waals surface area contributed by atoms with Gasteiger partial charge in [-0.1, -0.05) is 26.0 Å². The van der Waals surface area contributed by atoms with E-state index in [4.69, 9.17) is 9.15 Å². The van der Waals surface area contributed by atoms with Crippen LogP contribution in [0.1, 0.15) is 19.7 Å². The number of anilines is 1. The molecule has 0 aliphatic heterocycles. The molecule has 0 saturated carbocycles. The third-order valence-electron chi connectivity index (χ3n) is 3.18. The summed E-state index contributed by atoms with van der Waals surface area (Å²) in [7, 11) is 1.71. The zero-order valence-corrected chi connectivity index (χ0v) is 12.4. The maximum absolute atomic E-state index is 5.52. The standard InChI is InChI=1S/C15H21N3O2/c1-10(2)14(9-19-4)16-13-8-6-5-7-12(13)15-18-17-11(3)20-15/h5-8,10,14,16H,9H2,1-4H3. The van der Waals surface area contributed by atoms with Gasteiger partial charge in [0.15, 0.2) is 0 Å². The summed E-state index contributed by atoms with van der Waals surface area (Å²) >= 11 is 0. The molecule has 0 spiro atoms. The van der Waals surface area contributed by atoms with E-state index in [0.717, 1.165) is 11.3 Å². The number of rotatable bonds is 6. The topological polar surface area (TPSA) is 60.2 Å². The summed E-state index contributed by atoms with van der Waals surface area (Å²) in [6.45, 7) is 6.76. The number of methoxy groups -OCH3 is 1. The van der Waals surface area contributed by atoms with Gasteiger partial charge in [-0.2, -0.15) is 0 Å². The molecular weight excluding hydrogens is 254 g/mol. The van der Waals surface area contributed by atoms with Crippen LogP contribution in [0, 0.1) is 12.8 Å². The first-order chi connectivity index (χ1) is 9.61. The smallest absolute Gasteiger partial charge is 0.249 e. The summed E-state index contributed by atoms with van der Waals surface area (Å²) in [6, 6.07) is 8.16. The molecule has 0 fully saturated rings. The number of nitrogens with zero attached hydrogens (tertiary/aromatic N) is 2. The summed E-state index contributed by atoms with van der Waals surface area (Å²) < 4.78 is 10.8. The highest BCUT2D eigenvalue weighted by Crippen LogP contribution is 2.28. The van der Waals surface area contributed by atoms with Crippen molar-refractivity contribution >= 4 is 5.69 Å². The fraction of sp³-hybridized carbons (Fsp3) is 0.467. The van der Waals surface area contributed by atoms with Crippen molar-refractivity contribution in [1.29, 1.82) is 0 Å². The van der Waals surface area contributed by atoms with Crippen molar-refractivity contribution in [3.63, 3.8) is 0 Å². The van der Waals surface area contributed by atoms with E-state index in [-0.39, 0.29) is 6.04 Å². The molecule has 2 aromatic rings. The molecular formula is C15H21N3O2. The Morgan fingerprint density at radius 1 is 1.25 bits per heavy atom. The van der Waals surface area contributed by atoms with Gasteiger partial charge < -0.3 is 14.5 Å². The van der Waals surface area contributed by atoms with Crippen molar-refractivity contribution < 1.29 is 9.15 Å². The fourth-order valence-electron chi connectivity index (χ4n) is 1.98. The molecule has 0 saturated heterocycles. The van der Waals surface area contributed by atoms with Crippen LogP contribution in [0.15, 0.2) is 28.7 Å². The first kappa shape index (κ1) is 14.5. The summed E-state index contributed by atoms with van der Waals surface area (Å²) in [5.41, 5.74) is 1.89. The molecule has 1 heterocycles. The van der Waals surface area contributed by atoms with Gasteiger partial charge in [0.1, 0.15) is 0 Å². The quantitative estimate of drug-likeness (QED) is 0.877. The van der Waals surface area contributed by atoms with Crippen LogP contribution in [0.25, 0.3) is 11.5 Å². The molecule has 5 heteroatoms. The molecule has 1 aromatic carbocycles. The van der Waals surface area contributed by atoms with E-state index in [1.54, 1.807) is 14.0 Å². The predicted molar refractivity (Wildman–Crippen MR) is 78.6 cm³/mol. The van der Waals surface area contributed by atoms with E-state index in [9.17, 15) is 0 Å². The summed E-state index contributed by atoms with van der Waals surface area (Å²) in [6.07, 6.45) is 0. The number of hydrogen-bond donors (Lipinski definition) is 1. The van der Waals surface area contributed by atoms with Gasteiger partial charge in [-0.25, -0.2) is 0 Å². The first-order valence-electron chi connectivity index (χ1n) is 6.76. The maximum atomic E-state index is 5.52. The van der Waals surface area contributed by atoms with Crippen molar-refractivity contribution in [2.24, 2.45) is 5.92 Å². The Labute approximate surface area is 119 Å². The van der Waals surface area contributed by atoms with Crippen LogP contribution in [0.2, 0.25) is 0 Å². The maximum Gasteiger partial charge on any atom is 0.249 e. The van der Waals surface area contributed by atoms with E-state index in [2.05, 4.69) is 29.4 Å². The molecule has 1 N–H and O–H groups in total. The number of benzene rings is 1. The summed E-state index contributed by atoms with van der Waals surface area (Å²) in [5.74, 6) is 1.55. The molecule has 1 aromatic heterocycles. The van der Waals surface area contributed by atoms with E-state index in [1.165, 1.54) is 0 Å². The molecule has 0 aliphatic rings. The monoisotopic (exact) mass is 275 g/mol. The lowest BCUT2D eigenvalue weighted by atomic mass is 10.0. The van der Waals surface area contributed by atoms with Crippen LogP contribution >= 0.6 is 0 Å². The zero-order valence-electron chi connectivity index (χ0n) is 12.4. The van der Waals surface area contributed by atoms with Gasteiger partial charge in [0.05, 0.1) is 18.2 Å². The second kappa shape index (κ2) is 6.52. The van der Waals surface area contributed by atoms with Crippen molar-refractivity contribution in [3.05, 3.63) is 30.2 Å². The average molecular weight is 275 g/mol. The van der Waals surface area contributed by atoms with Crippen molar-refractivity contribution in [2.45, 2.75) is 26.8 Å². The highest BCUT2D eigenvalue weighted by atomic mass is 16.5. The molecule has 0 radical (unpaired) electrons. The van der Waals surface area contributed by atoms with Crippen LogP contribution in [0.5, 0.6) is 0 Å². The van der Waals surface area contributed by atoms with E-state index >= 15 is 0 Å². The number of aryl methyl sites for hydroxylation is 1. The Kier molecular flexibility index (Phi) is 4.74. The van der Waals surface area contributed by atoms with Crippen LogP contribution in [0.4, 0.5) is 5.69 Å². The molecule has 5 nitrogen and oxygen atoms in total. The Morgan fingerprint density at radius 2 is 2.00 bits per heavy atom.